The lowest BCUT2D eigenvalue weighted by Gasteiger charge is -2.28. The molecule has 0 unspecified atom stereocenters. The summed E-state index contributed by atoms with van der Waals surface area (Å²) < 4.78 is 22.2. The first-order chi connectivity index (χ1) is 9.13. The smallest absolute Gasteiger partial charge is 0.220 e. The molecule has 0 spiro atoms. The van der Waals surface area contributed by atoms with Crippen molar-refractivity contribution in [1.82, 2.24) is 10.6 Å². The third kappa shape index (κ3) is 5.05. The highest BCUT2D eigenvalue weighted by molar-refractivity contribution is 7.92. The van der Waals surface area contributed by atoms with Gasteiger partial charge in [-0.25, -0.2) is 8.42 Å². The van der Waals surface area contributed by atoms with E-state index in [4.69, 9.17) is 0 Å². The number of hydrogen-bond acceptors (Lipinski definition) is 4. The molecule has 1 heterocycles. The van der Waals surface area contributed by atoms with Crippen LogP contribution in [0.5, 0.6) is 0 Å². The molecule has 0 aliphatic carbocycles. The Morgan fingerprint density at radius 1 is 1.45 bits per heavy atom. The van der Waals surface area contributed by atoms with Gasteiger partial charge in [-0.05, 0) is 51.6 Å². The Morgan fingerprint density at radius 2 is 2.10 bits per heavy atom. The van der Waals surface area contributed by atoms with E-state index in [1.165, 1.54) is 6.26 Å². The van der Waals surface area contributed by atoms with Gasteiger partial charge in [-0.3, -0.25) is 4.79 Å². The highest BCUT2D eigenvalue weighted by atomic mass is 32.2. The van der Waals surface area contributed by atoms with E-state index in [0.717, 1.165) is 25.9 Å². The maximum absolute atomic E-state index is 11.9. The molecule has 1 saturated heterocycles. The van der Waals surface area contributed by atoms with E-state index < -0.39 is 14.6 Å². The molecule has 6 heteroatoms. The second-order valence-electron chi connectivity index (χ2n) is 6.60. The van der Waals surface area contributed by atoms with Crippen LogP contribution in [0.2, 0.25) is 0 Å². The first kappa shape index (κ1) is 17.4. The SMILES string of the molecule is C[C@H](CC(=O)NCC(C)(C)S(C)(=O)=O)[C@H]1CCCNC1. The Morgan fingerprint density at radius 3 is 2.60 bits per heavy atom. The Labute approximate surface area is 122 Å². The van der Waals surface area contributed by atoms with Crippen LogP contribution in [-0.4, -0.2) is 45.0 Å². The Balaban J connectivity index is 2.40. The summed E-state index contributed by atoms with van der Waals surface area (Å²) in [6.45, 7) is 7.58. The van der Waals surface area contributed by atoms with Crippen LogP contribution in [0.3, 0.4) is 0 Å². The fourth-order valence-electron chi connectivity index (χ4n) is 2.34. The van der Waals surface area contributed by atoms with Gasteiger partial charge >= 0.3 is 0 Å². The number of sulfone groups is 1. The predicted octanol–water partition coefficient (Wildman–Crippen LogP) is 0.952. The molecule has 5 nitrogen and oxygen atoms in total. The van der Waals surface area contributed by atoms with Crippen molar-refractivity contribution in [2.45, 2.75) is 44.8 Å². The molecule has 0 aromatic rings. The van der Waals surface area contributed by atoms with Crippen molar-refractivity contribution in [3.63, 3.8) is 0 Å². The molecule has 20 heavy (non-hydrogen) atoms. The minimum Gasteiger partial charge on any atom is -0.355 e. The Bertz CT molecular complexity index is 426. The van der Waals surface area contributed by atoms with Crippen LogP contribution in [0.15, 0.2) is 0 Å². The summed E-state index contributed by atoms with van der Waals surface area (Å²) >= 11 is 0. The van der Waals surface area contributed by atoms with Crippen molar-refractivity contribution in [3.05, 3.63) is 0 Å². The van der Waals surface area contributed by atoms with E-state index in [1.54, 1.807) is 13.8 Å². The van der Waals surface area contributed by atoms with Gasteiger partial charge in [-0.2, -0.15) is 0 Å². The molecule has 1 amide bonds. The lowest BCUT2D eigenvalue weighted by Crippen LogP contribution is -2.44. The number of amides is 1. The van der Waals surface area contributed by atoms with Gasteiger partial charge in [0.15, 0.2) is 9.84 Å². The topological polar surface area (TPSA) is 75.3 Å². The van der Waals surface area contributed by atoms with Crippen molar-refractivity contribution in [2.75, 3.05) is 25.9 Å². The average Bonchev–Trinajstić information content (AvgIpc) is 2.36. The summed E-state index contributed by atoms with van der Waals surface area (Å²) in [6.07, 6.45) is 4.00. The molecule has 1 aliphatic rings. The molecule has 1 fully saturated rings. The fourth-order valence-corrected chi connectivity index (χ4v) is 2.67. The average molecular weight is 304 g/mol. The van der Waals surface area contributed by atoms with Crippen LogP contribution >= 0.6 is 0 Å². The van der Waals surface area contributed by atoms with Gasteiger partial charge in [-0.15, -0.1) is 0 Å². The monoisotopic (exact) mass is 304 g/mol. The maximum Gasteiger partial charge on any atom is 0.220 e. The summed E-state index contributed by atoms with van der Waals surface area (Å²) in [5.74, 6) is 0.807. The van der Waals surface area contributed by atoms with Crippen LogP contribution < -0.4 is 10.6 Å². The first-order valence-corrected chi connectivity index (χ1v) is 9.19. The van der Waals surface area contributed by atoms with Crippen molar-refractivity contribution >= 4 is 15.7 Å². The third-order valence-corrected chi connectivity index (χ3v) is 6.51. The molecule has 2 N–H and O–H groups in total. The zero-order chi connectivity index (χ0) is 15.4. The van der Waals surface area contributed by atoms with Crippen molar-refractivity contribution < 1.29 is 13.2 Å². The molecular formula is C14H28N2O3S. The minimum atomic E-state index is -3.17. The number of carbonyl (C=O) groups excluding carboxylic acids is 1. The van der Waals surface area contributed by atoms with Gasteiger partial charge in [0.1, 0.15) is 0 Å². The van der Waals surface area contributed by atoms with Gasteiger partial charge in [0, 0.05) is 19.2 Å². The first-order valence-electron chi connectivity index (χ1n) is 7.30. The molecule has 0 bridgehead atoms. The van der Waals surface area contributed by atoms with Crippen LogP contribution in [0.25, 0.3) is 0 Å². The second-order valence-corrected chi connectivity index (χ2v) is 9.25. The normalized spacial score (nSPS) is 22.3. The molecule has 1 rings (SSSR count). The molecule has 0 saturated carbocycles. The lowest BCUT2D eigenvalue weighted by atomic mass is 9.85. The number of nitrogens with one attached hydrogen (secondary N) is 2. The van der Waals surface area contributed by atoms with E-state index in [9.17, 15) is 13.2 Å². The van der Waals surface area contributed by atoms with Gasteiger partial charge in [0.2, 0.25) is 5.91 Å². The number of hydrogen-bond donors (Lipinski definition) is 2. The lowest BCUT2D eigenvalue weighted by molar-refractivity contribution is -0.122. The summed E-state index contributed by atoms with van der Waals surface area (Å²) in [4.78, 5) is 11.9. The van der Waals surface area contributed by atoms with E-state index in [1.807, 2.05) is 0 Å². The largest absolute Gasteiger partial charge is 0.355 e. The minimum absolute atomic E-state index is 0.0557. The molecule has 1 aliphatic heterocycles. The molecule has 0 aromatic carbocycles. The zero-order valence-electron chi connectivity index (χ0n) is 13.0. The molecular weight excluding hydrogens is 276 g/mol. The number of carbonyl (C=O) groups is 1. The van der Waals surface area contributed by atoms with Crippen molar-refractivity contribution in [3.8, 4) is 0 Å². The van der Waals surface area contributed by atoms with Gasteiger partial charge < -0.3 is 10.6 Å². The summed E-state index contributed by atoms with van der Waals surface area (Å²) in [5, 5.41) is 6.12. The summed E-state index contributed by atoms with van der Waals surface area (Å²) in [5.41, 5.74) is 0. The second kappa shape index (κ2) is 6.89. The van der Waals surface area contributed by atoms with Crippen molar-refractivity contribution in [2.24, 2.45) is 11.8 Å². The van der Waals surface area contributed by atoms with Crippen LogP contribution in [0, 0.1) is 11.8 Å². The number of piperidine rings is 1. The van der Waals surface area contributed by atoms with E-state index >= 15 is 0 Å². The molecule has 118 valence electrons. The third-order valence-electron chi connectivity index (χ3n) is 4.36. The van der Waals surface area contributed by atoms with E-state index in [-0.39, 0.29) is 12.5 Å². The van der Waals surface area contributed by atoms with E-state index in [0.29, 0.717) is 18.3 Å². The Hall–Kier alpha value is -0.620. The van der Waals surface area contributed by atoms with Gasteiger partial charge in [-0.1, -0.05) is 6.92 Å². The summed E-state index contributed by atoms with van der Waals surface area (Å²) in [7, 11) is -3.17. The highest BCUT2D eigenvalue weighted by Crippen LogP contribution is 2.22. The number of rotatable bonds is 6. The van der Waals surface area contributed by atoms with E-state index in [2.05, 4.69) is 17.6 Å². The van der Waals surface area contributed by atoms with Crippen LogP contribution in [-0.2, 0) is 14.6 Å². The highest BCUT2D eigenvalue weighted by Gasteiger charge is 2.31. The van der Waals surface area contributed by atoms with Gasteiger partial charge in [0.05, 0.1) is 4.75 Å². The van der Waals surface area contributed by atoms with Crippen LogP contribution in [0.4, 0.5) is 0 Å². The van der Waals surface area contributed by atoms with Gasteiger partial charge in [0.25, 0.3) is 0 Å². The standard InChI is InChI=1S/C14H28N2O3S/c1-11(12-6-5-7-15-9-12)8-13(17)16-10-14(2,3)20(4,18)19/h11-12,15H,5-10H2,1-4H3,(H,16,17)/t11-,12+/m1/s1. The van der Waals surface area contributed by atoms with Crippen LogP contribution in [0.1, 0.15) is 40.0 Å². The predicted molar refractivity (Wildman–Crippen MR) is 81.3 cm³/mol. The summed E-state index contributed by atoms with van der Waals surface area (Å²) in [6, 6.07) is 0. The Kier molecular flexibility index (Phi) is 6.01. The maximum atomic E-state index is 11.9. The zero-order valence-corrected chi connectivity index (χ0v) is 13.8. The quantitative estimate of drug-likeness (QED) is 0.766. The fraction of sp³-hybridized carbons (Fsp3) is 0.929. The molecule has 0 radical (unpaired) electrons. The van der Waals surface area contributed by atoms with Crippen molar-refractivity contribution in [1.29, 1.82) is 0 Å². The molecule has 2 atom stereocenters. The molecule has 0 aromatic heterocycles.